The second-order valence-corrected chi connectivity index (χ2v) is 6.10. The maximum absolute atomic E-state index is 10.9. The van der Waals surface area contributed by atoms with E-state index in [-0.39, 0.29) is 11.8 Å². The first-order valence-electron chi connectivity index (χ1n) is 6.70. The van der Waals surface area contributed by atoms with Crippen molar-refractivity contribution in [3.05, 3.63) is 32.8 Å². The zero-order valence-electron chi connectivity index (χ0n) is 11.6. The fourth-order valence-electron chi connectivity index (χ4n) is 2.62. The third kappa shape index (κ3) is 3.71. The Kier molecular flexibility index (Phi) is 4.80. The van der Waals surface area contributed by atoms with Crippen LogP contribution in [0.4, 0.5) is 5.69 Å². The van der Waals surface area contributed by atoms with Crippen LogP contribution in [0.15, 0.2) is 22.7 Å². The largest absolute Gasteiger partial charge is 0.490 e. The van der Waals surface area contributed by atoms with Gasteiger partial charge in [-0.15, -0.1) is 0 Å². The summed E-state index contributed by atoms with van der Waals surface area (Å²) >= 11 is 3.25. The minimum Gasteiger partial charge on any atom is -0.490 e. The van der Waals surface area contributed by atoms with E-state index in [2.05, 4.69) is 27.3 Å². The van der Waals surface area contributed by atoms with Crippen LogP contribution in [0.5, 0.6) is 5.75 Å². The summed E-state index contributed by atoms with van der Waals surface area (Å²) < 4.78 is 6.46. The van der Waals surface area contributed by atoms with Gasteiger partial charge in [0.05, 0.1) is 17.1 Å². The van der Waals surface area contributed by atoms with E-state index in [1.54, 1.807) is 13.1 Å². The first-order valence-corrected chi connectivity index (χ1v) is 7.49. The Morgan fingerprint density at radius 3 is 2.95 bits per heavy atom. The van der Waals surface area contributed by atoms with Crippen molar-refractivity contribution in [1.29, 1.82) is 5.26 Å². The lowest BCUT2D eigenvalue weighted by Crippen LogP contribution is -2.48. The quantitative estimate of drug-likeness (QED) is 0.663. The van der Waals surface area contributed by atoms with E-state index in [9.17, 15) is 15.4 Å². The van der Waals surface area contributed by atoms with Crippen LogP contribution in [0.2, 0.25) is 0 Å². The summed E-state index contributed by atoms with van der Waals surface area (Å²) in [6.45, 7) is 0. The van der Waals surface area contributed by atoms with E-state index < -0.39 is 10.5 Å². The highest BCUT2D eigenvalue weighted by Gasteiger charge is 2.36. The van der Waals surface area contributed by atoms with Crippen LogP contribution >= 0.6 is 15.9 Å². The van der Waals surface area contributed by atoms with E-state index in [4.69, 9.17) is 4.74 Å². The Morgan fingerprint density at radius 1 is 1.57 bits per heavy atom. The van der Waals surface area contributed by atoms with Crippen molar-refractivity contribution in [2.24, 2.45) is 0 Å². The summed E-state index contributed by atoms with van der Waals surface area (Å²) in [4.78, 5) is 10.4. The third-order valence-electron chi connectivity index (χ3n) is 3.77. The Labute approximate surface area is 131 Å². The van der Waals surface area contributed by atoms with E-state index in [0.29, 0.717) is 16.6 Å². The smallest absolute Gasteiger partial charge is 0.274 e. The summed E-state index contributed by atoms with van der Waals surface area (Å²) in [5.74, 6) is 0.450. The van der Waals surface area contributed by atoms with Crippen LogP contribution in [-0.4, -0.2) is 23.6 Å². The van der Waals surface area contributed by atoms with Gasteiger partial charge in [0.15, 0.2) is 0 Å². The molecule has 1 aromatic carbocycles. The van der Waals surface area contributed by atoms with Crippen LogP contribution < -0.4 is 10.1 Å². The summed E-state index contributed by atoms with van der Waals surface area (Å²) in [5.41, 5.74) is -0.587. The number of rotatable bonds is 4. The Balaban J connectivity index is 2.15. The van der Waals surface area contributed by atoms with Crippen molar-refractivity contribution < 1.29 is 9.66 Å². The third-order valence-corrected chi connectivity index (χ3v) is 4.23. The number of nitro benzene ring substituents is 1. The van der Waals surface area contributed by atoms with Gasteiger partial charge in [-0.1, -0.05) is 15.9 Å². The van der Waals surface area contributed by atoms with Crippen LogP contribution in [0, 0.1) is 21.4 Å². The number of ether oxygens (including phenoxy) is 1. The summed E-state index contributed by atoms with van der Waals surface area (Å²) in [6, 6.07) is 6.86. The molecule has 2 unspecified atom stereocenters. The van der Waals surface area contributed by atoms with Gasteiger partial charge in [-0.05, 0) is 32.4 Å². The Hall–Kier alpha value is -1.65. The molecule has 21 heavy (non-hydrogen) atoms. The highest BCUT2D eigenvalue weighted by atomic mass is 79.9. The number of nitrogens with zero attached hydrogens (tertiary/aromatic N) is 2. The van der Waals surface area contributed by atoms with Crippen molar-refractivity contribution in [2.45, 2.75) is 37.3 Å². The van der Waals surface area contributed by atoms with Gasteiger partial charge >= 0.3 is 0 Å². The van der Waals surface area contributed by atoms with Gasteiger partial charge in [0.25, 0.3) is 5.69 Å². The summed E-state index contributed by atoms with van der Waals surface area (Å²) in [6.07, 6.45) is 2.96. The van der Waals surface area contributed by atoms with Crippen molar-refractivity contribution in [1.82, 2.24) is 5.32 Å². The topological polar surface area (TPSA) is 88.2 Å². The minimum absolute atomic E-state index is 0.0182. The molecule has 0 aliphatic heterocycles. The van der Waals surface area contributed by atoms with Crippen LogP contribution in [0.3, 0.4) is 0 Å². The lowest BCUT2D eigenvalue weighted by Gasteiger charge is -2.35. The lowest BCUT2D eigenvalue weighted by atomic mass is 9.81. The molecule has 2 rings (SSSR count). The second-order valence-electron chi connectivity index (χ2n) is 5.18. The predicted molar refractivity (Wildman–Crippen MR) is 81.1 cm³/mol. The zero-order valence-corrected chi connectivity index (χ0v) is 13.2. The Morgan fingerprint density at radius 2 is 2.33 bits per heavy atom. The van der Waals surface area contributed by atoms with Gasteiger partial charge < -0.3 is 10.1 Å². The monoisotopic (exact) mass is 353 g/mol. The predicted octanol–water partition coefficient (Wildman–Crippen LogP) is 3.16. The van der Waals surface area contributed by atoms with E-state index in [1.165, 1.54) is 12.1 Å². The highest BCUT2D eigenvalue weighted by Crippen LogP contribution is 2.33. The molecule has 1 aromatic rings. The van der Waals surface area contributed by atoms with E-state index in [0.717, 1.165) is 19.3 Å². The molecule has 2 atom stereocenters. The Bertz CT molecular complexity index is 587. The molecule has 7 heteroatoms. The van der Waals surface area contributed by atoms with Gasteiger partial charge in [-0.2, -0.15) is 5.26 Å². The average molecular weight is 354 g/mol. The molecule has 0 aromatic heterocycles. The van der Waals surface area contributed by atoms with Gasteiger partial charge in [0.2, 0.25) is 0 Å². The van der Waals surface area contributed by atoms with Gasteiger partial charge in [-0.25, -0.2) is 0 Å². The number of nitriles is 1. The minimum atomic E-state index is -0.569. The first-order chi connectivity index (χ1) is 9.98. The standard InChI is InChI=1S/C14H16BrN3O3/c1-17-14(9-16)4-2-3-12(8-14)21-13-6-10(15)5-11(7-13)18(19)20/h5-7,12,17H,2-4,8H2,1H3. The number of hydrogen-bond donors (Lipinski definition) is 1. The molecule has 1 N–H and O–H groups in total. The van der Waals surface area contributed by atoms with E-state index in [1.807, 2.05) is 0 Å². The molecule has 0 heterocycles. The number of non-ortho nitro benzene ring substituents is 1. The molecule has 1 saturated carbocycles. The molecule has 6 nitrogen and oxygen atoms in total. The number of nitro groups is 1. The molecule has 0 bridgehead atoms. The van der Waals surface area contributed by atoms with Gasteiger partial charge in [0, 0.05) is 17.0 Å². The lowest BCUT2D eigenvalue weighted by molar-refractivity contribution is -0.385. The fourth-order valence-corrected chi connectivity index (χ4v) is 3.08. The molecular weight excluding hydrogens is 338 g/mol. The second kappa shape index (κ2) is 6.41. The van der Waals surface area contributed by atoms with Crippen LogP contribution in [-0.2, 0) is 0 Å². The molecule has 0 radical (unpaired) electrons. The van der Waals surface area contributed by atoms with Crippen molar-refractivity contribution >= 4 is 21.6 Å². The highest BCUT2D eigenvalue weighted by molar-refractivity contribution is 9.10. The van der Waals surface area contributed by atoms with Crippen LogP contribution in [0.25, 0.3) is 0 Å². The molecular formula is C14H16BrN3O3. The normalized spacial score (nSPS) is 25.1. The summed E-state index contributed by atoms with van der Waals surface area (Å²) in [7, 11) is 1.77. The van der Waals surface area contributed by atoms with Crippen molar-refractivity contribution in [3.63, 3.8) is 0 Å². The van der Waals surface area contributed by atoms with E-state index >= 15 is 0 Å². The molecule has 0 spiro atoms. The average Bonchev–Trinajstić information content (AvgIpc) is 2.46. The number of benzene rings is 1. The maximum Gasteiger partial charge on any atom is 0.274 e. The fraction of sp³-hybridized carbons (Fsp3) is 0.500. The molecule has 1 fully saturated rings. The van der Waals surface area contributed by atoms with Crippen molar-refractivity contribution in [3.8, 4) is 11.8 Å². The number of hydrogen-bond acceptors (Lipinski definition) is 5. The molecule has 1 aliphatic rings. The van der Waals surface area contributed by atoms with Crippen molar-refractivity contribution in [2.75, 3.05) is 7.05 Å². The molecule has 112 valence electrons. The van der Waals surface area contributed by atoms with Crippen LogP contribution in [0.1, 0.15) is 25.7 Å². The molecule has 0 amide bonds. The number of halogens is 1. The maximum atomic E-state index is 10.9. The zero-order chi connectivity index (χ0) is 15.5. The first kappa shape index (κ1) is 15.7. The van der Waals surface area contributed by atoms with Gasteiger partial charge in [0.1, 0.15) is 17.4 Å². The molecule has 0 saturated heterocycles. The number of nitrogens with one attached hydrogen (secondary N) is 1. The molecule has 1 aliphatic carbocycles. The SMILES string of the molecule is CNC1(C#N)CCCC(Oc2cc(Br)cc([N+](=O)[O-])c2)C1. The summed E-state index contributed by atoms with van der Waals surface area (Å²) in [5, 5.41) is 23.3. The van der Waals surface area contributed by atoms with Gasteiger partial charge in [-0.3, -0.25) is 10.1 Å².